The number of fused-ring (bicyclic) bond motifs is 1. The summed E-state index contributed by atoms with van der Waals surface area (Å²) in [6, 6.07) is 20.1. The predicted octanol–water partition coefficient (Wildman–Crippen LogP) is 3.61. The second-order valence-electron chi connectivity index (χ2n) is 7.89. The molecule has 1 heterocycles. The molecule has 1 saturated heterocycles. The molecule has 5 nitrogen and oxygen atoms in total. The Balaban J connectivity index is 1.28. The van der Waals surface area contributed by atoms with Crippen LogP contribution >= 0.6 is 0 Å². The molecule has 1 atom stereocenters. The standard InChI is InChI=1S/C25H26FN3O2/c1-18(20-7-4-8-23(26)16-20)28-11-13-29(14-12-28)24(30)17-27-25(31)22-10-9-19-5-2-3-6-21(19)15-22/h2-10,15-16,18H,11-14,17H2,1H3,(H,27,31)/t18-/m1/s1. The molecule has 0 aliphatic carbocycles. The van der Waals surface area contributed by atoms with Crippen molar-refractivity contribution in [2.75, 3.05) is 32.7 Å². The van der Waals surface area contributed by atoms with E-state index in [-0.39, 0.29) is 30.2 Å². The van der Waals surface area contributed by atoms with Crippen LogP contribution in [0.3, 0.4) is 0 Å². The van der Waals surface area contributed by atoms with E-state index in [4.69, 9.17) is 0 Å². The second-order valence-corrected chi connectivity index (χ2v) is 7.89. The summed E-state index contributed by atoms with van der Waals surface area (Å²) in [6.07, 6.45) is 0. The van der Waals surface area contributed by atoms with Gasteiger partial charge in [-0.05, 0) is 47.5 Å². The van der Waals surface area contributed by atoms with Gasteiger partial charge in [-0.25, -0.2) is 4.39 Å². The molecule has 0 spiro atoms. The zero-order valence-corrected chi connectivity index (χ0v) is 17.6. The third-order valence-corrected chi connectivity index (χ3v) is 5.96. The van der Waals surface area contributed by atoms with Gasteiger partial charge in [-0.1, -0.05) is 42.5 Å². The van der Waals surface area contributed by atoms with Crippen molar-refractivity contribution in [2.24, 2.45) is 0 Å². The average molecular weight is 420 g/mol. The third-order valence-electron chi connectivity index (χ3n) is 5.96. The summed E-state index contributed by atoms with van der Waals surface area (Å²) < 4.78 is 13.5. The number of hydrogen-bond donors (Lipinski definition) is 1. The van der Waals surface area contributed by atoms with Gasteiger partial charge in [0.2, 0.25) is 5.91 Å². The highest BCUT2D eigenvalue weighted by Crippen LogP contribution is 2.22. The maximum absolute atomic E-state index is 13.5. The minimum absolute atomic E-state index is 0.0227. The summed E-state index contributed by atoms with van der Waals surface area (Å²) in [5, 5.41) is 4.80. The fourth-order valence-electron chi connectivity index (χ4n) is 4.04. The first-order valence-corrected chi connectivity index (χ1v) is 10.6. The van der Waals surface area contributed by atoms with E-state index in [1.165, 1.54) is 6.07 Å². The molecule has 3 aromatic rings. The minimum atomic E-state index is -0.252. The number of benzene rings is 3. The molecule has 1 aliphatic rings. The molecule has 1 N–H and O–H groups in total. The molecule has 0 saturated carbocycles. The first-order valence-electron chi connectivity index (χ1n) is 10.6. The fraction of sp³-hybridized carbons (Fsp3) is 0.280. The largest absolute Gasteiger partial charge is 0.343 e. The van der Waals surface area contributed by atoms with Crippen LogP contribution in [0.1, 0.15) is 28.9 Å². The maximum atomic E-state index is 13.5. The average Bonchev–Trinajstić information content (AvgIpc) is 2.81. The molecule has 6 heteroatoms. The van der Waals surface area contributed by atoms with Crippen LogP contribution in [0.5, 0.6) is 0 Å². The van der Waals surface area contributed by atoms with Crippen LogP contribution in [0.2, 0.25) is 0 Å². The van der Waals surface area contributed by atoms with E-state index >= 15 is 0 Å². The van der Waals surface area contributed by atoms with Gasteiger partial charge < -0.3 is 10.2 Å². The van der Waals surface area contributed by atoms with Crippen LogP contribution in [0, 0.1) is 5.82 Å². The minimum Gasteiger partial charge on any atom is -0.343 e. The SMILES string of the molecule is C[C@H](c1cccc(F)c1)N1CCN(C(=O)CNC(=O)c2ccc3ccccc3c2)CC1. The molecule has 0 radical (unpaired) electrons. The number of amides is 2. The summed E-state index contributed by atoms with van der Waals surface area (Å²) in [7, 11) is 0. The summed E-state index contributed by atoms with van der Waals surface area (Å²) in [6.45, 7) is 4.62. The summed E-state index contributed by atoms with van der Waals surface area (Å²) in [5.41, 5.74) is 1.47. The monoisotopic (exact) mass is 419 g/mol. The number of carbonyl (C=O) groups is 2. The van der Waals surface area contributed by atoms with Crippen molar-refractivity contribution in [3.63, 3.8) is 0 Å². The Bertz CT molecular complexity index is 1090. The lowest BCUT2D eigenvalue weighted by molar-refractivity contribution is -0.132. The first kappa shape index (κ1) is 21.0. The Morgan fingerprint density at radius 1 is 0.935 bits per heavy atom. The van der Waals surface area contributed by atoms with Gasteiger partial charge >= 0.3 is 0 Å². The summed E-state index contributed by atoms with van der Waals surface area (Å²) >= 11 is 0. The maximum Gasteiger partial charge on any atom is 0.251 e. The molecule has 0 aromatic heterocycles. The fourth-order valence-corrected chi connectivity index (χ4v) is 4.04. The Morgan fingerprint density at radius 3 is 2.42 bits per heavy atom. The molecular formula is C25H26FN3O2. The number of nitrogens with one attached hydrogen (secondary N) is 1. The van der Waals surface area contributed by atoms with E-state index in [1.54, 1.807) is 23.1 Å². The molecule has 3 aromatic carbocycles. The normalized spacial score (nSPS) is 15.6. The van der Waals surface area contributed by atoms with Gasteiger partial charge in [-0.3, -0.25) is 14.5 Å². The molecule has 1 fully saturated rings. The third kappa shape index (κ3) is 4.91. The first-order chi connectivity index (χ1) is 15.0. The number of rotatable bonds is 5. The van der Waals surface area contributed by atoms with Crippen molar-refractivity contribution < 1.29 is 14.0 Å². The van der Waals surface area contributed by atoms with Gasteiger partial charge in [-0.15, -0.1) is 0 Å². The number of piperazine rings is 1. The van der Waals surface area contributed by atoms with E-state index in [0.717, 1.165) is 16.3 Å². The Hall–Kier alpha value is -3.25. The van der Waals surface area contributed by atoms with Crippen LogP contribution in [-0.4, -0.2) is 54.3 Å². The van der Waals surface area contributed by atoms with E-state index in [0.29, 0.717) is 31.7 Å². The lowest BCUT2D eigenvalue weighted by Crippen LogP contribution is -2.51. The number of nitrogens with zero attached hydrogens (tertiary/aromatic N) is 2. The second kappa shape index (κ2) is 9.27. The Morgan fingerprint density at radius 2 is 1.68 bits per heavy atom. The van der Waals surface area contributed by atoms with E-state index in [9.17, 15) is 14.0 Å². The molecular weight excluding hydrogens is 393 g/mol. The highest BCUT2D eigenvalue weighted by Gasteiger charge is 2.25. The number of hydrogen-bond acceptors (Lipinski definition) is 3. The molecule has 31 heavy (non-hydrogen) atoms. The Labute approximate surface area is 181 Å². The van der Waals surface area contributed by atoms with Crippen LogP contribution in [0.4, 0.5) is 4.39 Å². The Kier molecular flexibility index (Phi) is 6.28. The number of halogens is 1. The lowest BCUT2D eigenvalue weighted by atomic mass is 10.1. The smallest absolute Gasteiger partial charge is 0.251 e. The van der Waals surface area contributed by atoms with Crippen molar-refractivity contribution in [3.05, 3.63) is 83.7 Å². The predicted molar refractivity (Wildman–Crippen MR) is 119 cm³/mol. The molecule has 1 aliphatic heterocycles. The molecule has 160 valence electrons. The molecule has 2 amide bonds. The number of carbonyl (C=O) groups excluding carboxylic acids is 2. The molecule has 0 unspecified atom stereocenters. The van der Waals surface area contributed by atoms with Gasteiger partial charge in [-0.2, -0.15) is 0 Å². The van der Waals surface area contributed by atoms with Crippen LogP contribution < -0.4 is 5.32 Å². The molecule has 0 bridgehead atoms. The van der Waals surface area contributed by atoms with Crippen molar-refractivity contribution in [1.82, 2.24) is 15.1 Å². The van der Waals surface area contributed by atoms with Gasteiger partial charge in [0, 0.05) is 37.8 Å². The van der Waals surface area contributed by atoms with Crippen LogP contribution in [-0.2, 0) is 4.79 Å². The quantitative estimate of drug-likeness (QED) is 0.687. The van der Waals surface area contributed by atoms with Crippen LogP contribution in [0.15, 0.2) is 66.7 Å². The zero-order valence-electron chi connectivity index (χ0n) is 17.6. The van der Waals surface area contributed by atoms with Crippen LogP contribution in [0.25, 0.3) is 10.8 Å². The van der Waals surface area contributed by atoms with Crippen molar-refractivity contribution >= 4 is 22.6 Å². The van der Waals surface area contributed by atoms with Crippen molar-refractivity contribution in [3.8, 4) is 0 Å². The van der Waals surface area contributed by atoms with E-state index < -0.39 is 0 Å². The van der Waals surface area contributed by atoms with Gasteiger partial charge in [0.05, 0.1) is 6.54 Å². The van der Waals surface area contributed by atoms with Gasteiger partial charge in [0.25, 0.3) is 5.91 Å². The van der Waals surface area contributed by atoms with Gasteiger partial charge in [0.1, 0.15) is 5.82 Å². The zero-order chi connectivity index (χ0) is 21.8. The van der Waals surface area contributed by atoms with E-state index in [2.05, 4.69) is 17.1 Å². The van der Waals surface area contributed by atoms with Gasteiger partial charge in [0.15, 0.2) is 0 Å². The van der Waals surface area contributed by atoms with E-state index in [1.807, 2.05) is 42.5 Å². The van der Waals surface area contributed by atoms with Crippen molar-refractivity contribution in [2.45, 2.75) is 13.0 Å². The topological polar surface area (TPSA) is 52.6 Å². The highest BCUT2D eigenvalue weighted by atomic mass is 19.1. The summed E-state index contributed by atoms with van der Waals surface area (Å²) in [5.74, 6) is -0.579. The highest BCUT2D eigenvalue weighted by molar-refractivity contribution is 6.00. The lowest BCUT2D eigenvalue weighted by Gasteiger charge is -2.38. The van der Waals surface area contributed by atoms with Crippen molar-refractivity contribution in [1.29, 1.82) is 0 Å². The molecule has 4 rings (SSSR count). The summed E-state index contributed by atoms with van der Waals surface area (Å²) in [4.78, 5) is 29.1.